The van der Waals surface area contributed by atoms with Crippen molar-refractivity contribution in [3.05, 3.63) is 65.3 Å². The van der Waals surface area contributed by atoms with E-state index in [4.69, 9.17) is 11.6 Å². The highest BCUT2D eigenvalue weighted by Gasteiger charge is 2.15. The summed E-state index contributed by atoms with van der Waals surface area (Å²) >= 11 is 5.85. The highest BCUT2D eigenvalue weighted by molar-refractivity contribution is 7.91. The van der Waals surface area contributed by atoms with Crippen LogP contribution in [-0.2, 0) is 9.84 Å². The van der Waals surface area contributed by atoms with Gasteiger partial charge in [0, 0.05) is 5.88 Å². The molecule has 2 nitrogen and oxygen atoms in total. The second kappa shape index (κ2) is 11.3. The van der Waals surface area contributed by atoms with Gasteiger partial charge in [0.2, 0.25) is 0 Å². The molecule has 0 aromatic heterocycles. The molecule has 0 amide bonds. The van der Waals surface area contributed by atoms with Gasteiger partial charge in [0.15, 0.2) is 9.84 Å². The Kier molecular flexibility index (Phi) is 9.84. The summed E-state index contributed by atoms with van der Waals surface area (Å²) in [7, 11) is -3.31. The molecule has 0 atom stereocenters. The predicted octanol–water partition coefficient (Wildman–Crippen LogP) is 6.10. The van der Waals surface area contributed by atoms with Crippen molar-refractivity contribution in [3.63, 3.8) is 0 Å². The van der Waals surface area contributed by atoms with Crippen molar-refractivity contribution in [2.24, 2.45) is 0 Å². The Hall–Kier alpha value is -1.32. The Labute approximate surface area is 158 Å². The van der Waals surface area contributed by atoms with Crippen LogP contribution in [0.15, 0.2) is 70.2 Å². The fraction of sp³-hybridized carbons (Fsp3) is 0.429. The van der Waals surface area contributed by atoms with Gasteiger partial charge in [0.05, 0.1) is 10.6 Å². The second-order valence-corrected chi connectivity index (χ2v) is 8.85. The van der Waals surface area contributed by atoms with Crippen LogP contribution in [0.4, 0.5) is 0 Å². The van der Waals surface area contributed by atoms with Crippen LogP contribution in [0.3, 0.4) is 0 Å². The summed E-state index contributed by atoms with van der Waals surface area (Å²) in [6.07, 6.45) is 9.83. The van der Waals surface area contributed by atoms with Crippen LogP contribution in [0.25, 0.3) is 0 Å². The average Bonchev–Trinajstić information content (AvgIpc) is 2.55. The molecule has 0 saturated heterocycles. The summed E-state index contributed by atoms with van der Waals surface area (Å²) in [5, 5.41) is 0. The van der Waals surface area contributed by atoms with Gasteiger partial charge in [-0.1, -0.05) is 53.1 Å². The molecule has 0 aliphatic heterocycles. The van der Waals surface area contributed by atoms with Gasteiger partial charge >= 0.3 is 0 Å². The average molecular weight is 381 g/mol. The molecule has 0 N–H and O–H groups in total. The van der Waals surface area contributed by atoms with Gasteiger partial charge in [-0.2, -0.15) is 0 Å². The monoisotopic (exact) mass is 380 g/mol. The van der Waals surface area contributed by atoms with E-state index in [1.165, 1.54) is 11.1 Å². The zero-order valence-corrected chi connectivity index (χ0v) is 17.0. The standard InChI is InChI=1S/C21H29ClO2S/c1-18(2)9-7-10-19(3)11-8-12-20(15-16-22)17-25(23,24)21-13-5-4-6-14-21/h4-6,9,11-14H,7-8,10,15-17H2,1-3H3/b19-11+,20-12-. The van der Waals surface area contributed by atoms with Crippen LogP contribution in [0, 0.1) is 0 Å². The molecular weight excluding hydrogens is 352 g/mol. The van der Waals surface area contributed by atoms with Gasteiger partial charge in [-0.15, -0.1) is 11.6 Å². The van der Waals surface area contributed by atoms with Crippen LogP contribution < -0.4 is 0 Å². The lowest BCUT2D eigenvalue weighted by Gasteiger charge is -2.08. The van der Waals surface area contributed by atoms with Gasteiger partial charge < -0.3 is 0 Å². The number of allylic oxidation sites excluding steroid dienone is 5. The van der Waals surface area contributed by atoms with Gasteiger partial charge in [0.1, 0.15) is 0 Å². The maximum absolute atomic E-state index is 12.5. The summed E-state index contributed by atoms with van der Waals surface area (Å²) in [5.41, 5.74) is 3.54. The number of hydrogen-bond acceptors (Lipinski definition) is 2. The smallest absolute Gasteiger partial charge is 0.182 e. The van der Waals surface area contributed by atoms with Crippen LogP contribution in [0.5, 0.6) is 0 Å². The van der Waals surface area contributed by atoms with Crippen molar-refractivity contribution >= 4 is 21.4 Å². The maximum Gasteiger partial charge on any atom is 0.182 e. The van der Waals surface area contributed by atoms with E-state index in [1.807, 2.05) is 12.1 Å². The molecule has 0 fully saturated rings. The van der Waals surface area contributed by atoms with Gasteiger partial charge in [-0.3, -0.25) is 0 Å². The Balaban J connectivity index is 2.72. The molecule has 0 heterocycles. The lowest BCUT2D eigenvalue weighted by molar-refractivity contribution is 0.597. The first-order chi connectivity index (χ1) is 11.8. The summed E-state index contributed by atoms with van der Waals surface area (Å²) in [4.78, 5) is 0.365. The van der Waals surface area contributed by atoms with E-state index in [0.717, 1.165) is 24.8 Å². The molecule has 0 saturated carbocycles. The fourth-order valence-corrected chi connectivity index (χ4v) is 4.16. The zero-order valence-electron chi connectivity index (χ0n) is 15.5. The number of rotatable bonds is 10. The van der Waals surface area contributed by atoms with Gasteiger partial charge in [0.25, 0.3) is 0 Å². The van der Waals surface area contributed by atoms with E-state index in [0.29, 0.717) is 17.2 Å². The number of halogens is 1. The van der Waals surface area contributed by atoms with E-state index in [2.05, 4.69) is 32.9 Å². The molecule has 1 rings (SSSR count). The van der Waals surface area contributed by atoms with Crippen molar-refractivity contribution in [3.8, 4) is 0 Å². The first-order valence-corrected chi connectivity index (χ1v) is 10.8. The lowest BCUT2D eigenvalue weighted by atomic mass is 10.1. The molecule has 0 bridgehead atoms. The van der Waals surface area contributed by atoms with Crippen molar-refractivity contribution in [2.75, 3.05) is 11.6 Å². The maximum atomic E-state index is 12.5. The Morgan fingerprint density at radius 1 is 1.00 bits per heavy atom. The molecule has 138 valence electrons. The first-order valence-electron chi connectivity index (χ1n) is 8.66. The third-order valence-corrected chi connectivity index (χ3v) is 5.79. The van der Waals surface area contributed by atoms with Crippen molar-refractivity contribution < 1.29 is 8.42 Å². The van der Waals surface area contributed by atoms with Crippen molar-refractivity contribution in [2.45, 2.75) is 51.3 Å². The van der Waals surface area contributed by atoms with Crippen LogP contribution in [-0.4, -0.2) is 20.1 Å². The molecule has 0 aliphatic rings. The van der Waals surface area contributed by atoms with Crippen LogP contribution in [0.1, 0.15) is 46.5 Å². The molecule has 1 aromatic rings. The SMILES string of the molecule is CC(C)=CCC/C(C)=C/C/C=C(/CCCl)CS(=O)(=O)c1ccccc1. The number of benzene rings is 1. The molecule has 0 unspecified atom stereocenters. The summed E-state index contributed by atoms with van der Waals surface area (Å²) < 4.78 is 25.0. The fourth-order valence-electron chi connectivity index (χ4n) is 2.43. The van der Waals surface area contributed by atoms with E-state index in [-0.39, 0.29) is 5.75 Å². The van der Waals surface area contributed by atoms with E-state index < -0.39 is 9.84 Å². The van der Waals surface area contributed by atoms with E-state index in [9.17, 15) is 8.42 Å². The topological polar surface area (TPSA) is 34.1 Å². The molecular formula is C21H29ClO2S. The van der Waals surface area contributed by atoms with Gasteiger partial charge in [-0.25, -0.2) is 8.42 Å². The molecule has 4 heteroatoms. The third-order valence-electron chi connectivity index (χ3n) is 3.86. The normalized spacial score (nSPS) is 13.0. The predicted molar refractivity (Wildman–Crippen MR) is 109 cm³/mol. The number of sulfone groups is 1. The number of hydrogen-bond donors (Lipinski definition) is 0. The molecule has 0 aliphatic carbocycles. The van der Waals surface area contributed by atoms with Crippen molar-refractivity contribution in [1.29, 1.82) is 0 Å². The van der Waals surface area contributed by atoms with Crippen molar-refractivity contribution in [1.82, 2.24) is 0 Å². The quantitative estimate of drug-likeness (QED) is 0.363. The molecule has 25 heavy (non-hydrogen) atoms. The summed E-state index contributed by atoms with van der Waals surface area (Å²) in [6.45, 7) is 6.33. The highest BCUT2D eigenvalue weighted by atomic mass is 35.5. The second-order valence-electron chi connectivity index (χ2n) is 6.48. The third kappa shape index (κ3) is 9.08. The minimum absolute atomic E-state index is 0.0361. The molecule has 1 aromatic carbocycles. The molecule has 0 radical (unpaired) electrons. The summed E-state index contributed by atoms with van der Waals surface area (Å²) in [5.74, 6) is 0.466. The zero-order chi connectivity index (χ0) is 18.7. The largest absolute Gasteiger partial charge is 0.223 e. The first kappa shape index (κ1) is 21.7. The Bertz CT molecular complexity index is 710. The van der Waals surface area contributed by atoms with E-state index in [1.54, 1.807) is 24.3 Å². The number of alkyl halides is 1. The van der Waals surface area contributed by atoms with Gasteiger partial charge in [-0.05, 0) is 58.6 Å². The highest BCUT2D eigenvalue weighted by Crippen LogP contribution is 2.17. The Morgan fingerprint density at radius 2 is 1.68 bits per heavy atom. The van der Waals surface area contributed by atoms with Crippen LogP contribution in [0.2, 0.25) is 0 Å². The minimum Gasteiger partial charge on any atom is -0.223 e. The molecule has 0 spiro atoms. The van der Waals surface area contributed by atoms with Crippen LogP contribution >= 0.6 is 11.6 Å². The Morgan fingerprint density at radius 3 is 2.28 bits per heavy atom. The lowest BCUT2D eigenvalue weighted by Crippen LogP contribution is -2.09. The van der Waals surface area contributed by atoms with E-state index >= 15 is 0 Å². The summed E-state index contributed by atoms with van der Waals surface area (Å²) in [6, 6.07) is 8.59. The minimum atomic E-state index is -3.31.